The lowest BCUT2D eigenvalue weighted by Crippen LogP contribution is -2.31. The molecule has 30 heavy (non-hydrogen) atoms. The van der Waals surface area contributed by atoms with E-state index in [9.17, 15) is 27.6 Å². The molecule has 156 valence electrons. The Morgan fingerprint density at radius 1 is 1.13 bits per heavy atom. The summed E-state index contributed by atoms with van der Waals surface area (Å²) in [6.45, 7) is -0.444. The van der Waals surface area contributed by atoms with Crippen LogP contribution in [0.4, 0.5) is 19.0 Å². The van der Waals surface area contributed by atoms with E-state index in [2.05, 4.69) is 15.5 Å². The van der Waals surface area contributed by atoms with Crippen molar-refractivity contribution in [2.24, 2.45) is 7.05 Å². The average molecular weight is 419 g/mol. The van der Waals surface area contributed by atoms with Crippen LogP contribution in [0.5, 0.6) is 0 Å². The highest BCUT2D eigenvalue weighted by atomic mass is 19.4. The van der Waals surface area contributed by atoms with Crippen LogP contribution in [0.1, 0.15) is 30.0 Å². The number of carbonyl (C=O) groups is 1. The largest absolute Gasteiger partial charge is 0.416 e. The molecule has 0 unspecified atom stereocenters. The first-order valence-electron chi connectivity index (χ1n) is 9.09. The van der Waals surface area contributed by atoms with Crippen LogP contribution in [-0.4, -0.2) is 25.5 Å². The van der Waals surface area contributed by atoms with Crippen LogP contribution in [0.15, 0.2) is 39.9 Å². The van der Waals surface area contributed by atoms with E-state index in [1.54, 1.807) is 0 Å². The highest BCUT2D eigenvalue weighted by Crippen LogP contribution is 2.42. The number of nitrogens with one attached hydrogen (secondary N) is 1. The maximum absolute atomic E-state index is 13.1. The van der Waals surface area contributed by atoms with Gasteiger partial charge in [-0.2, -0.15) is 23.4 Å². The Balaban J connectivity index is 1.69. The SMILES string of the molecule is Cn1nc(NC(=O)Cn2nc(C3CC3)c3cc(C(F)(F)F)ccc3c2=O)ccc1=O. The van der Waals surface area contributed by atoms with E-state index in [4.69, 9.17) is 0 Å². The molecule has 2 heterocycles. The molecule has 0 spiro atoms. The van der Waals surface area contributed by atoms with Gasteiger partial charge in [0.1, 0.15) is 6.54 Å². The van der Waals surface area contributed by atoms with E-state index in [0.717, 1.165) is 40.4 Å². The number of halogens is 3. The van der Waals surface area contributed by atoms with E-state index < -0.39 is 29.8 Å². The molecule has 0 bridgehead atoms. The van der Waals surface area contributed by atoms with Gasteiger partial charge in [-0.15, -0.1) is 0 Å². The second-order valence-electron chi connectivity index (χ2n) is 7.11. The number of nitrogens with zero attached hydrogens (tertiary/aromatic N) is 4. The van der Waals surface area contributed by atoms with Crippen LogP contribution in [0.2, 0.25) is 0 Å². The van der Waals surface area contributed by atoms with Crippen LogP contribution in [-0.2, 0) is 24.6 Å². The third-order valence-corrected chi connectivity index (χ3v) is 4.80. The van der Waals surface area contributed by atoms with Crippen LogP contribution in [0.25, 0.3) is 10.8 Å². The Labute approximate surface area is 166 Å². The first-order chi connectivity index (χ1) is 14.1. The van der Waals surface area contributed by atoms with Crippen molar-refractivity contribution in [2.75, 3.05) is 5.32 Å². The second-order valence-corrected chi connectivity index (χ2v) is 7.11. The fourth-order valence-corrected chi connectivity index (χ4v) is 3.14. The molecule has 1 saturated carbocycles. The van der Waals surface area contributed by atoms with Gasteiger partial charge in [0, 0.05) is 24.4 Å². The summed E-state index contributed by atoms with van der Waals surface area (Å²) in [7, 11) is 1.42. The predicted molar refractivity (Wildman–Crippen MR) is 101 cm³/mol. The van der Waals surface area contributed by atoms with Gasteiger partial charge in [-0.1, -0.05) is 0 Å². The number of amides is 1. The highest BCUT2D eigenvalue weighted by Gasteiger charge is 2.33. The van der Waals surface area contributed by atoms with Gasteiger partial charge in [0.05, 0.1) is 16.6 Å². The Morgan fingerprint density at radius 2 is 1.87 bits per heavy atom. The summed E-state index contributed by atoms with van der Waals surface area (Å²) in [6, 6.07) is 5.46. The maximum Gasteiger partial charge on any atom is 0.416 e. The summed E-state index contributed by atoms with van der Waals surface area (Å²) in [5.74, 6) is -0.534. The number of anilines is 1. The zero-order valence-corrected chi connectivity index (χ0v) is 15.7. The number of benzene rings is 1. The molecule has 4 rings (SSSR count). The predicted octanol–water partition coefficient (Wildman–Crippen LogP) is 2.03. The van der Waals surface area contributed by atoms with Crippen molar-refractivity contribution in [3.05, 3.63) is 62.3 Å². The summed E-state index contributed by atoms with van der Waals surface area (Å²) in [5, 5.41) is 10.8. The zero-order chi connectivity index (χ0) is 21.6. The molecule has 1 fully saturated rings. The lowest BCUT2D eigenvalue weighted by atomic mass is 10.0. The normalized spacial score (nSPS) is 14.1. The van der Waals surface area contributed by atoms with Crippen LogP contribution in [0, 0.1) is 0 Å². The van der Waals surface area contributed by atoms with Crippen LogP contribution < -0.4 is 16.4 Å². The van der Waals surface area contributed by atoms with Crippen molar-refractivity contribution in [1.29, 1.82) is 0 Å². The molecule has 1 aliphatic rings. The molecule has 0 radical (unpaired) electrons. The molecule has 11 heteroatoms. The van der Waals surface area contributed by atoms with Gasteiger partial charge in [-0.25, -0.2) is 9.36 Å². The van der Waals surface area contributed by atoms with E-state index in [-0.39, 0.29) is 28.1 Å². The molecule has 2 aromatic heterocycles. The zero-order valence-electron chi connectivity index (χ0n) is 15.7. The van der Waals surface area contributed by atoms with Crippen LogP contribution >= 0.6 is 0 Å². The van der Waals surface area contributed by atoms with Crippen molar-refractivity contribution in [2.45, 2.75) is 31.5 Å². The molecule has 8 nitrogen and oxygen atoms in total. The number of aromatic nitrogens is 4. The third-order valence-electron chi connectivity index (χ3n) is 4.80. The number of aryl methyl sites for hydroxylation is 1. The Bertz CT molecular complexity index is 1280. The molecule has 0 atom stereocenters. The van der Waals surface area contributed by atoms with Crippen molar-refractivity contribution in [3.8, 4) is 0 Å². The summed E-state index contributed by atoms with van der Waals surface area (Å²) < 4.78 is 41.3. The van der Waals surface area contributed by atoms with Gasteiger partial charge in [0.2, 0.25) is 5.91 Å². The Morgan fingerprint density at radius 3 is 2.50 bits per heavy atom. The maximum atomic E-state index is 13.1. The highest BCUT2D eigenvalue weighted by molar-refractivity contribution is 5.90. The molecule has 3 aromatic rings. The molecule has 0 aliphatic heterocycles. The first-order valence-corrected chi connectivity index (χ1v) is 9.09. The van der Waals surface area contributed by atoms with E-state index in [1.807, 2.05) is 0 Å². The van der Waals surface area contributed by atoms with Crippen molar-refractivity contribution < 1.29 is 18.0 Å². The lowest BCUT2D eigenvalue weighted by Gasteiger charge is -2.13. The summed E-state index contributed by atoms with van der Waals surface area (Å²) in [4.78, 5) is 36.5. The lowest BCUT2D eigenvalue weighted by molar-refractivity contribution is -0.137. The molecule has 1 aliphatic carbocycles. The van der Waals surface area contributed by atoms with Gasteiger partial charge in [-0.3, -0.25) is 14.4 Å². The number of alkyl halides is 3. The molecule has 0 saturated heterocycles. The van der Waals surface area contributed by atoms with Gasteiger partial charge in [0.25, 0.3) is 11.1 Å². The minimum atomic E-state index is -4.54. The quantitative estimate of drug-likeness (QED) is 0.698. The molecular formula is C19H16F3N5O3. The minimum Gasteiger partial charge on any atom is -0.308 e. The fourth-order valence-electron chi connectivity index (χ4n) is 3.14. The topological polar surface area (TPSA) is 98.9 Å². The third kappa shape index (κ3) is 3.82. The molecule has 1 aromatic carbocycles. The Hall–Kier alpha value is -3.50. The van der Waals surface area contributed by atoms with Gasteiger partial charge in [-0.05, 0) is 37.1 Å². The van der Waals surface area contributed by atoms with Gasteiger partial charge < -0.3 is 5.32 Å². The summed E-state index contributed by atoms with van der Waals surface area (Å²) in [5.41, 5.74) is -1.49. The van der Waals surface area contributed by atoms with E-state index in [0.29, 0.717) is 5.69 Å². The molecule has 1 N–H and O–H groups in total. The molecular weight excluding hydrogens is 403 g/mol. The molecule has 1 amide bonds. The number of rotatable bonds is 4. The number of hydrogen-bond acceptors (Lipinski definition) is 5. The summed E-state index contributed by atoms with van der Waals surface area (Å²) >= 11 is 0. The smallest absolute Gasteiger partial charge is 0.308 e. The van der Waals surface area contributed by atoms with Crippen LogP contribution in [0.3, 0.4) is 0 Å². The van der Waals surface area contributed by atoms with E-state index >= 15 is 0 Å². The van der Waals surface area contributed by atoms with Gasteiger partial charge in [0.15, 0.2) is 5.82 Å². The van der Waals surface area contributed by atoms with Crippen molar-refractivity contribution in [1.82, 2.24) is 19.6 Å². The average Bonchev–Trinajstić information content (AvgIpc) is 3.51. The van der Waals surface area contributed by atoms with Gasteiger partial charge >= 0.3 is 6.18 Å². The number of fused-ring (bicyclic) bond motifs is 1. The van der Waals surface area contributed by atoms with Crippen molar-refractivity contribution >= 4 is 22.5 Å². The van der Waals surface area contributed by atoms with E-state index in [1.165, 1.54) is 19.2 Å². The fraction of sp³-hybridized carbons (Fsp3) is 0.316. The number of carbonyl (C=O) groups excluding carboxylic acids is 1. The minimum absolute atomic E-state index is 0.0452. The standard InChI is InChI=1S/C19H16F3N5O3/c1-26-16(29)7-6-14(24-26)23-15(28)9-27-18(30)12-5-4-11(19(20,21)22)8-13(12)17(25-27)10-2-3-10/h4-8,10H,2-3,9H2,1H3,(H,23,24,28). The summed E-state index contributed by atoms with van der Waals surface area (Å²) in [6.07, 6.45) is -3.03. The first kappa shape index (κ1) is 19.8. The number of hydrogen-bond donors (Lipinski definition) is 1. The second kappa shape index (κ2) is 7.08. The monoisotopic (exact) mass is 419 g/mol. The Kier molecular flexibility index (Phi) is 4.67. The van der Waals surface area contributed by atoms with Crippen molar-refractivity contribution in [3.63, 3.8) is 0 Å².